The second-order valence-corrected chi connectivity index (χ2v) is 7.16. The molecule has 1 N–H and O–H groups in total. The normalized spacial score (nSPS) is 15.0. The zero-order valence-corrected chi connectivity index (χ0v) is 14.1. The number of unbranched alkanes of at least 4 members (excludes halogenated alkanes) is 2. The molecule has 0 saturated heterocycles. The summed E-state index contributed by atoms with van der Waals surface area (Å²) in [7, 11) is 0. The number of thiophene rings is 1. The molecule has 5 heteroatoms. The van der Waals surface area contributed by atoms with Crippen molar-refractivity contribution in [1.29, 1.82) is 0 Å². The molecule has 0 fully saturated rings. The summed E-state index contributed by atoms with van der Waals surface area (Å²) in [5.74, 6) is 0.681. The lowest BCUT2D eigenvalue weighted by atomic mass is 10.1. The molecule has 0 radical (unpaired) electrons. The van der Waals surface area contributed by atoms with E-state index in [9.17, 15) is 0 Å². The second kappa shape index (κ2) is 6.93. The van der Waals surface area contributed by atoms with E-state index in [1.807, 2.05) is 11.3 Å². The number of fused-ring (bicyclic) bond motifs is 3. The largest absolute Gasteiger partial charge is 0.354 e. The molecule has 2 aromatic rings. The molecule has 3 rings (SSSR count). The molecule has 0 amide bonds. The predicted octanol–water partition coefficient (Wildman–Crippen LogP) is 5.22. The van der Waals surface area contributed by atoms with Crippen molar-refractivity contribution < 1.29 is 0 Å². The van der Waals surface area contributed by atoms with Gasteiger partial charge in [-0.15, -0.1) is 11.3 Å². The quantitative estimate of drug-likeness (QED) is 0.466. The Balaban J connectivity index is 1.86. The first-order valence-electron chi connectivity index (χ1n) is 8.01. The van der Waals surface area contributed by atoms with Crippen molar-refractivity contribution in [2.24, 2.45) is 0 Å². The minimum Gasteiger partial charge on any atom is -0.354 e. The number of hydrogen-bond acceptors (Lipinski definition) is 4. The van der Waals surface area contributed by atoms with Gasteiger partial charge < -0.3 is 5.32 Å². The Hall–Kier alpha value is -0.870. The minimum atomic E-state index is 0.623. The monoisotopic (exact) mass is 323 g/mol. The van der Waals surface area contributed by atoms with E-state index >= 15 is 0 Å². The van der Waals surface area contributed by atoms with Gasteiger partial charge in [-0.2, -0.15) is 0 Å². The van der Waals surface area contributed by atoms with Crippen LogP contribution in [0.3, 0.4) is 0 Å². The van der Waals surface area contributed by atoms with Crippen molar-refractivity contribution in [3.05, 3.63) is 15.6 Å². The van der Waals surface area contributed by atoms with Crippen molar-refractivity contribution >= 4 is 39.1 Å². The lowest BCUT2D eigenvalue weighted by Crippen LogP contribution is -2.05. The second-order valence-electron chi connectivity index (χ2n) is 5.72. The molecule has 0 spiro atoms. The van der Waals surface area contributed by atoms with E-state index in [4.69, 9.17) is 11.6 Å². The Morgan fingerprint density at radius 2 is 2.00 bits per heavy atom. The molecule has 0 aliphatic heterocycles. The number of halogens is 1. The summed E-state index contributed by atoms with van der Waals surface area (Å²) in [6, 6.07) is 0. The number of hydrogen-bond donors (Lipinski definition) is 1. The van der Waals surface area contributed by atoms with Crippen LogP contribution in [0.2, 0.25) is 5.15 Å². The highest BCUT2D eigenvalue weighted by Crippen LogP contribution is 2.38. The molecule has 0 bridgehead atoms. The van der Waals surface area contributed by atoms with Gasteiger partial charge in [0.25, 0.3) is 0 Å². The number of nitrogens with one attached hydrogen (secondary N) is 1. The van der Waals surface area contributed by atoms with Crippen LogP contribution in [0.5, 0.6) is 0 Å². The van der Waals surface area contributed by atoms with Crippen molar-refractivity contribution in [2.75, 3.05) is 11.9 Å². The molecule has 114 valence electrons. The Kier molecular flexibility index (Phi) is 4.96. The number of aromatic nitrogens is 2. The third kappa shape index (κ3) is 3.32. The van der Waals surface area contributed by atoms with Gasteiger partial charge in [-0.05, 0) is 37.7 Å². The first kappa shape index (κ1) is 15.0. The molecule has 0 unspecified atom stereocenters. The summed E-state index contributed by atoms with van der Waals surface area (Å²) >= 11 is 8.26. The Bertz CT molecular complexity index is 623. The molecular weight excluding hydrogens is 302 g/mol. The van der Waals surface area contributed by atoms with Crippen LogP contribution in [0.1, 0.15) is 55.9 Å². The zero-order chi connectivity index (χ0) is 14.7. The van der Waals surface area contributed by atoms with Gasteiger partial charge in [0.2, 0.25) is 5.95 Å². The first-order valence-corrected chi connectivity index (χ1v) is 9.20. The fraction of sp³-hybridized carbons (Fsp3) is 0.625. The SMILES string of the molecule is CCCCCNc1nc(Cl)c2c3c(sc2n1)CCCCC3. The number of rotatable bonds is 5. The highest BCUT2D eigenvalue weighted by Gasteiger charge is 2.19. The summed E-state index contributed by atoms with van der Waals surface area (Å²) in [4.78, 5) is 11.7. The number of nitrogens with zero attached hydrogens (tertiary/aromatic N) is 2. The molecule has 21 heavy (non-hydrogen) atoms. The lowest BCUT2D eigenvalue weighted by Gasteiger charge is -2.06. The third-order valence-electron chi connectivity index (χ3n) is 4.08. The summed E-state index contributed by atoms with van der Waals surface area (Å²) in [6.45, 7) is 3.12. The molecule has 1 aliphatic rings. The van der Waals surface area contributed by atoms with E-state index in [2.05, 4.69) is 22.2 Å². The summed E-state index contributed by atoms with van der Waals surface area (Å²) < 4.78 is 0. The molecule has 0 saturated carbocycles. The van der Waals surface area contributed by atoms with Gasteiger partial charge in [-0.1, -0.05) is 37.8 Å². The topological polar surface area (TPSA) is 37.8 Å². The Labute approximate surface area is 135 Å². The van der Waals surface area contributed by atoms with Crippen LogP contribution >= 0.6 is 22.9 Å². The van der Waals surface area contributed by atoms with Crippen molar-refractivity contribution in [3.63, 3.8) is 0 Å². The van der Waals surface area contributed by atoms with E-state index in [1.165, 1.54) is 49.0 Å². The van der Waals surface area contributed by atoms with Crippen LogP contribution in [-0.2, 0) is 12.8 Å². The number of aryl methyl sites for hydroxylation is 2. The number of anilines is 1. The van der Waals surface area contributed by atoms with Crippen LogP contribution in [0.15, 0.2) is 0 Å². The Morgan fingerprint density at radius 1 is 1.14 bits per heavy atom. The van der Waals surface area contributed by atoms with Gasteiger partial charge in [-0.3, -0.25) is 0 Å². The van der Waals surface area contributed by atoms with Crippen LogP contribution in [0, 0.1) is 0 Å². The summed E-state index contributed by atoms with van der Waals surface area (Å²) in [6.07, 6.45) is 9.76. The fourth-order valence-electron chi connectivity index (χ4n) is 2.94. The van der Waals surface area contributed by atoms with Gasteiger partial charge in [0.1, 0.15) is 9.98 Å². The third-order valence-corrected chi connectivity index (χ3v) is 5.54. The van der Waals surface area contributed by atoms with Gasteiger partial charge in [0.05, 0.1) is 5.39 Å². The average molecular weight is 324 g/mol. The molecule has 0 atom stereocenters. The highest BCUT2D eigenvalue weighted by atomic mass is 35.5. The van der Waals surface area contributed by atoms with Crippen LogP contribution < -0.4 is 5.32 Å². The Morgan fingerprint density at radius 3 is 2.86 bits per heavy atom. The zero-order valence-electron chi connectivity index (χ0n) is 12.5. The van der Waals surface area contributed by atoms with E-state index in [1.54, 1.807) is 0 Å². The highest BCUT2D eigenvalue weighted by molar-refractivity contribution is 7.19. The molecule has 1 aliphatic carbocycles. The molecular formula is C16H22ClN3S. The van der Waals surface area contributed by atoms with E-state index in [0.29, 0.717) is 11.1 Å². The van der Waals surface area contributed by atoms with Gasteiger partial charge in [0, 0.05) is 11.4 Å². The smallest absolute Gasteiger partial charge is 0.225 e. The summed E-state index contributed by atoms with van der Waals surface area (Å²) in [5, 5.41) is 5.04. The first-order chi connectivity index (χ1) is 10.3. The standard InChI is InChI=1S/C16H22ClN3S/c1-2-3-7-10-18-16-19-14(17)13-11-8-5-4-6-9-12(11)21-15(13)20-16/h2-10H2,1H3,(H,18,19,20). The van der Waals surface area contributed by atoms with Crippen molar-refractivity contribution in [1.82, 2.24) is 9.97 Å². The van der Waals surface area contributed by atoms with E-state index < -0.39 is 0 Å². The van der Waals surface area contributed by atoms with Crippen LogP contribution in [0.25, 0.3) is 10.2 Å². The predicted molar refractivity (Wildman–Crippen MR) is 91.7 cm³/mol. The molecule has 3 nitrogen and oxygen atoms in total. The lowest BCUT2D eigenvalue weighted by molar-refractivity contribution is 0.713. The van der Waals surface area contributed by atoms with E-state index in [-0.39, 0.29) is 0 Å². The van der Waals surface area contributed by atoms with Crippen molar-refractivity contribution in [2.45, 2.75) is 58.3 Å². The molecule has 2 aromatic heterocycles. The fourth-order valence-corrected chi connectivity index (χ4v) is 4.54. The maximum atomic E-state index is 6.45. The van der Waals surface area contributed by atoms with Crippen LogP contribution in [-0.4, -0.2) is 16.5 Å². The average Bonchev–Trinajstić information content (AvgIpc) is 2.66. The maximum Gasteiger partial charge on any atom is 0.225 e. The molecule has 2 heterocycles. The minimum absolute atomic E-state index is 0.623. The maximum absolute atomic E-state index is 6.45. The van der Waals surface area contributed by atoms with E-state index in [0.717, 1.165) is 29.6 Å². The van der Waals surface area contributed by atoms with Gasteiger partial charge >= 0.3 is 0 Å². The molecule has 0 aromatic carbocycles. The van der Waals surface area contributed by atoms with Gasteiger partial charge in [-0.25, -0.2) is 9.97 Å². The van der Waals surface area contributed by atoms with Gasteiger partial charge in [0.15, 0.2) is 0 Å². The summed E-state index contributed by atoms with van der Waals surface area (Å²) in [5.41, 5.74) is 1.41. The van der Waals surface area contributed by atoms with Crippen LogP contribution in [0.4, 0.5) is 5.95 Å². The van der Waals surface area contributed by atoms with Crippen molar-refractivity contribution in [3.8, 4) is 0 Å².